The Labute approximate surface area is 80.0 Å². The van der Waals surface area contributed by atoms with E-state index in [-0.39, 0.29) is 0 Å². The summed E-state index contributed by atoms with van der Waals surface area (Å²) in [4.78, 5) is 0. The van der Waals surface area contributed by atoms with E-state index in [0.29, 0.717) is 0 Å². The van der Waals surface area contributed by atoms with Crippen molar-refractivity contribution in [1.82, 2.24) is 0 Å². The summed E-state index contributed by atoms with van der Waals surface area (Å²) in [6.07, 6.45) is 4.30. The number of benzene rings is 1. The van der Waals surface area contributed by atoms with Gasteiger partial charge in [0.2, 0.25) is 0 Å². The second-order valence-corrected chi connectivity index (χ2v) is 3.63. The molecule has 0 nitrogen and oxygen atoms in total. The maximum atomic E-state index is 3.20. The molecule has 2 rings (SSSR count). The SMILES string of the molecule is Cc1ccc2c(c1)CCC#CCC2. The van der Waals surface area contributed by atoms with Crippen LogP contribution < -0.4 is 0 Å². The van der Waals surface area contributed by atoms with Crippen LogP contribution >= 0.6 is 0 Å². The van der Waals surface area contributed by atoms with Gasteiger partial charge in [-0.15, -0.1) is 11.8 Å². The van der Waals surface area contributed by atoms with Gasteiger partial charge in [-0.25, -0.2) is 0 Å². The van der Waals surface area contributed by atoms with Gasteiger partial charge in [0.05, 0.1) is 0 Å². The molecule has 13 heavy (non-hydrogen) atoms. The Kier molecular flexibility index (Phi) is 2.36. The molecular formula is C13H14. The quantitative estimate of drug-likeness (QED) is 0.525. The Balaban J connectivity index is 2.35. The first-order chi connectivity index (χ1) is 6.36. The summed E-state index contributed by atoms with van der Waals surface area (Å²) in [5.41, 5.74) is 4.38. The summed E-state index contributed by atoms with van der Waals surface area (Å²) < 4.78 is 0. The zero-order chi connectivity index (χ0) is 9.10. The van der Waals surface area contributed by atoms with Gasteiger partial charge in [0.25, 0.3) is 0 Å². The highest BCUT2D eigenvalue weighted by atomic mass is 14.1. The van der Waals surface area contributed by atoms with Crippen molar-refractivity contribution in [2.24, 2.45) is 0 Å². The molecule has 0 aromatic heterocycles. The molecule has 66 valence electrons. The number of fused-ring (bicyclic) bond motifs is 1. The first-order valence-corrected chi connectivity index (χ1v) is 4.90. The topological polar surface area (TPSA) is 0 Å². The second-order valence-electron chi connectivity index (χ2n) is 3.63. The predicted molar refractivity (Wildman–Crippen MR) is 55.6 cm³/mol. The second kappa shape index (κ2) is 3.66. The van der Waals surface area contributed by atoms with Gasteiger partial charge in [0.15, 0.2) is 0 Å². The summed E-state index contributed by atoms with van der Waals surface area (Å²) >= 11 is 0. The van der Waals surface area contributed by atoms with Crippen LogP contribution in [0.1, 0.15) is 29.5 Å². The van der Waals surface area contributed by atoms with Crippen LogP contribution in [0.15, 0.2) is 18.2 Å². The van der Waals surface area contributed by atoms with Crippen LogP contribution in [0.2, 0.25) is 0 Å². The van der Waals surface area contributed by atoms with Gasteiger partial charge in [-0.3, -0.25) is 0 Å². The molecule has 0 radical (unpaired) electrons. The van der Waals surface area contributed by atoms with E-state index in [1.165, 1.54) is 16.7 Å². The number of aryl methyl sites for hydroxylation is 3. The van der Waals surface area contributed by atoms with Crippen molar-refractivity contribution in [3.05, 3.63) is 34.9 Å². The third kappa shape index (κ3) is 1.92. The Bertz CT molecular complexity index is 363. The standard InChI is InChI=1S/C13H14/c1-11-8-9-12-6-4-2-3-5-7-13(12)10-11/h8-10H,4-7H2,1H3. The van der Waals surface area contributed by atoms with E-state index in [4.69, 9.17) is 0 Å². The van der Waals surface area contributed by atoms with Crippen molar-refractivity contribution in [3.8, 4) is 11.8 Å². The van der Waals surface area contributed by atoms with Gasteiger partial charge in [-0.05, 0) is 30.9 Å². The Morgan fingerprint density at radius 3 is 2.46 bits per heavy atom. The maximum Gasteiger partial charge on any atom is 0.0129 e. The fraction of sp³-hybridized carbons (Fsp3) is 0.385. The lowest BCUT2D eigenvalue weighted by Crippen LogP contribution is -1.97. The molecule has 0 aliphatic heterocycles. The lowest BCUT2D eigenvalue weighted by atomic mass is 9.96. The van der Waals surface area contributed by atoms with Crippen molar-refractivity contribution in [2.75, 3.05) is 0 Å². The highest BCUT2D eigenvalue weighted by Gasteiger charge is 2.03. The first-order valence-electron chi connectivity index (χ1n) is 4.90. The first kappa shape index (κ1) is 8.38. The smallest absolute Gasteiger partial charge is 0.0129 e. The summed E-state index contributed by atoms with van der Waals surface area (Å²) in [7, 11) is 0. The average molecular weight is 170 g/mol. The van der Waals surface area contributed by atoms with Crippen LogP contribution in [-0.4, -0.2) is 0 Å². The summed E-state index contributed by atoms with van der Waals surface area (Å²) in [5, 5.41) is 0. The molecule has 0 heteroatoms. The molecule has 0 saturated heterocycles. The van der Waals surface area contributed by atoms with Crippen LogP contribution in [-0.2, 0) is 12.8 Å². The molecule has 1 aromatic carbocycles. The maximum absolute atomic E-state index is 3.20. The number of rotatable bonds is 0. The molecule has 0 unspecified atom stereocenters. The molecule has 0 heterocycles. The lowest BCUT2D eigenvalue weighted by molar-refractivity contribution is 0.925. The monoisotopic (exact) mass is 170 g/mol. The van der Waals surface area contributed by atoms with Crippen molar-refractivity contribution in [2.45, 2.75) is 32.6 Å². The predicted octanol–water partition coefficient (Wildman–Crippen LogP) is 2.88. The number of hydrogen-bond acceptors (Lipinski definition) is 0. The minimum atomic E-state index is 1.02. The molecule has 1 aliphatic rings. The normalized spacial score (nSPS) is 14.8. The van der Waals surface area contributed by atoms with Gasteiger partial charge in [-0.2, -0.15) is 0 Å². The minimum Gasteiger partial charge on any atom is -0.103 e. The van der Waals surface area contributed by atoms with Gasteiger partial charge in [0, 0.05) is 12.8 Å². The van der Waals surface area contributed by atoms with Crippen LogP contribution in [0, 0.1) is 18.8 Å². The van der Waals surface area contributed by atoms with E-state index in [0.717, 1.165) is 25.7 Å². The van der Waals surface area contributed by atoms with E-state index in [1.807, 2.05) is 0 Å². The summed E-state index contributed by atoms with van der Waals surface area (Å²) in [6, 6.07) is 6.77. The van der Waals surface area contributed by atoms with E-state index >= 15 is 0 Å². The Morgan fingerprint density at radius 1 is 1.00 bits per heavy atom. The molecule has 1 aromatic rings. The highest BCUT2D eigenvalue weighted by molar-refractivity contribution is 5.33. The number of hydrogen-bond donors (Lipinski definition) is 0. The van der Waals surface area contributed by atoms with Crippen LogP contribution in [0.4, 0.5) is 0 Å². The molecule has 0 spiro atoms. The van der Waals surface area contributed by atoms with Crippen LogP contribution in [0.25, 0.3) is 0 Å². The zero-order valence-electron chi connectivity index (χ0n) is 8.06. The fourth-order valence-electron chi connectivity index (χ4n) is 1.80. The zero-order valence-corrected chi connectivity index (χ0v) is 8.06. The fourth-order valence-corrected chi connectivity index (χ4v) is 1.80. The van der Waals surface area contributed by atoms with Gasteiger partial charge >= 0.3 is 0 Å². The lowest BCUT2D eigenvalue weighted by Gasteiger charge is -2.09. The minimum absolute atomic E-state index is 1.02. The molecule has 0 N–H and O–H groups in total. The summed E-state index contributed by atoms with van der Waals surface area (Å²) in [6.45, 7) is 2.16. The van der Waals surface area contributed by atoms with E-state index in [1.54, 1.807) is 0 Å². The molecule has 0 saturated carbocycles. The molecule has 0 fully saturated rings. The van der Waals surface area contributed by atoms with Crippen molar-refractivity contribution >= 4 is 0 Å². The molecule has 0 amide bonds. The molecule has 1 aliphatic carbocycles. The van der Waals surface area contributed by atoms with E-state index < -0.39 is 0 Å². The van der Waals surface area contributed by atoms with Crippen LogP contribution in [0.3, 0.4) is 0 Å². The van der Waals surface area contributed by atoms with E-state index in [9.17, 15) is 0 Å². The molecular weight excluding hydrogens is 156 g/mol. The average Bonchev–Trinajstić information content (AvgIpc) is 2.08. The van der Waals surface area contributed by atoms with Crippen molar-refractivity contribution in [3.63, 3.8) is 0 Å². The molecule has 0 atom stereocenters. The third-order valence-electron chi connectivity index (χ3n) is 2.53. The highest BCUT2D eigenvalue weighted by Crippen LogP contribution is 2.16. The van der Waals surface area contributed by atoms with Crippen LogP contribution in [0.5, 0.6) is 0 Å². The van der Waals surface area contributed by atoms with Gasteiger partial charge in [-0.1, -0.05) is 23.8 Å². The Morgan fingerprint density at radius 2 is 1.69 bits per heavy atom. The van der Waals surface area contributed by atoms with Gasteiger partial charge < -0.3 is 0 Å². The van der Waals surface area contributed by atoms with Crippen molar-refractivity contribution < 1.29 is 0 Å². The van der Waals surface area contributed by atoms with Gasteiger partial charge in [0.1, 0.15) is 0 Å². The Hall–Kier alpha value is -1.22. The molecule has 0 bridgehead atoms. The third-order valence-corrected chi connectivity index (χ3v) is 2.53. The van der Waals surface area contributed by atoms with Crippen molar-refractivity contribution in [1.29, 1.82) is 0 Å². The summed E-state index contributed by atoms with van der Waals surface area (Å²) in [5.74, 6) is 6.39. The largest absolute Gasteiger partial charge is 0.103 e. The van der Waals surface area contributed by atoms with E-state index in [2.05, 4.69) is 37.0 Å².